The molecule has 9 heteroatoms. The Bertz CT molecular complexity index is 1200. The minimum absolute atomic E-state index is 0.123. The van der Waals surface area contributed by atoms with Crippen LogP contribution in [0.3, 0.4) is 0 Å². The number of carbonyl (C=O) groups is 1. The van der Waals surface area contributed by atoms with E-state index in [9.17, 15) is 4.79 Å². The molecule has 32 heavy (non-hydrogen) atoms. The second-order valence-corrected chi connectivity index (χ2v) is 9.15. The van der Waals surface area contributed by atoms with Gasteiger partial charge < -0.3 is 9.73 Å². The Morgan fingerprint density at radius 1 is 1.16 bits per heavy atom. The molecule has 0 saturated heterocycles. The summed E-state index contributed by atoms with van der Waals surface area (Å²) in [5.74, 6) is 2.08. The largest absolute Gasteiger partial charge is 0.467 e. The third-order valence-corrected chi connectivity index (χ3v) is 6.03. The Hall–Kier alpha value is -3.33. The van der Waals surface area contributed by atoms with Crippen LogP contribution < -0.4 is 5.32 Å². The van der Waals surface area contributed by atoms with Crippen LogP contribution in [0, 0.1) is 6.92 Å². The number of rotatable bonds is 8. The lowest BCUT2D eigenvalue weighted by Crippen LogP contribution is -2.25. The summed E-state index contributed by atoms with van der Waals surface area (Å²) in [5, 5.41) is 16.3. The van der Waals surface area contributed by atoms with E-state index < -0.39 is 5.25 Å². The molecule has 0 fully saturated rings. The van der Waals surface area contributed by atoms with Gasteiger partial charge in [-0.15, -0.1) is 10.2 Å². The van der Waals surface area contributed by atoms with Crippen molar-refractivity contribution in [3.05, 3.63) is 66.2 Å². The van der Waals surface area contributed by atoms with Gasteiger partial charge in [-0.05, 0) is 45.9 Å². The van der Waals surface area contributed by atoms with E-state index in [2.05, 4.69) is 26.7 Å². The summed E-state index contributed by atoms with van der Waals surface area (Å²) in [6.07, 6.45) is 3.33. The highest BCUT2D eigenvalue weighted by Gasteiger charge is 2.22. The van der Waals surface area contributed by atoms with E-state index in [4.69, 9.17) is 4.42 Å². The zero-order valence-corrected chi connectivity index (χ0v) is 19.3. The molecular weight excluding hydrogens is 424 g/mol. The SMILES string of the molecule is Cc1cccc(-c2nnc(SC(C)C(=O)Nc3ccnn3C(C)C)n2Cc2ccco2)c1. The first-order valence-electron chi connectivity index (χ1n) is 10.5. The van der Waals surface area contributed by atoms with E-state index in [-0.39, 0.29) is 11.9 Å². The maximum absolute atomic E-state index is 12.9. The van der Waals surface area contributed by atoms with E-state index in [0.29, 0.717) is 17.5 Å². The number of anilines is 1. The first kappa shape index (κ1) is 21.9. The third-order valence-electron chi connectivity index (χ3n) is 4.95. The molecule has 1 aromatic carbocycles. The number of hydrogen-bond donors (Lipinski definition) is 1. The van der Waals surface area contributed by atoms with Crippen LogP contribution in [0.2, 0.25) is 0 Å². The lowest BCUT2D eigenvalue weighted by molar-refractivity contribution is -0.115. The summed E-state index contributed by atoms with van der Waals surface area (Å²) in [6, 6.07) is 13.8. The average Bonchev–Trinajstić information content (AvgIpc) is 3.50. The van der Waals surface area contributed by atoms with Gasteiger partial charge in [-0.3, -0.25) is 9.36 Å². The molecule has 0 radical (unpaired) electrons. The normalized spacial score (nSPS) is 12.3. The lowest BCUT2D eigenvalue weighted by Gasteiger charge is -2.15. The molecule has 4 rings (SSSR count). The molecular formula is C23H26N6O2S. The summed E-state index contributed by atoms with van der Waals surface area (Å²) in [4.78, 5) is 12.9. The molecule has 0 aliphatic carbocycles. The first-order chi connectivity index (χ1) is 15.4. The van der Waals surface area contributed by atoms with E-state index >= 15 is 0 Å². The van der Waals surface area contributed by atoms with Crippen LogP contribution in [-0.2, 0) is 11.3 Å². The van der Waals surface area contributed by atoms with Gasteiger partial charge >= 0.3 is 0 Å². The van der Waals surface area contributed by atoms with Crippen LogP contribution in [0.5, 0.6) is 0 Å². The van der Waals surface area contributed by atoms with Crippen molar-refractivity contribution in [2.24, 2.45) is 0 Å². The molecule has 0 bridgehead atoms. The van der Waals surface area contributed by atoms with Crippen LogP contribution in [0.4, 0.5) is 5.82 Å². The topological polar surface area (TPSA) is 90.8 Å². The quantitative estimate of drug-likeness (QED) is 0.388. The minimum Gasteiger partial charge on any atom is -0.467 e. The van der Waals surface area contributed by atoms with Gasteiger partial charge in [-0.25, -0.2) is 4.68 Å². The standard InChI is InChI=1S/C23H26N6O2S/c1-15(2)29-20(10-11-24-29)25-22(30)17(4)32-23-27-26-21(18-8-5-7-16(3)13-18)28(23)14-19-9-6-12-31-19/h5-13,15,17H,14H2,1-4H3,(H,25,30). The maximum atomic E-state index is 12.9. The minimum atomic E-state index is -0.393. The molecule has 0 aliphatic rings. The number of benzene rings is 1. The highest BCUT2D eigenvalue weighted by Crippen LogP contribution is 2.29. The van der Waals surface area contributed by atoms with Gasteiger partial charge in [0.25, 0.3) is 0 Å². The molecule has 4 aromatic rings. The van der Waals surface area contributed by atoms with Crippen molar-refractivity contribution < 1.29 is 9.21 Å². The summed E-state index contributed by atoms with van der Waals surface area (Å²) < 4.78 is 9.33. The number of nitrogens with one attached hydrogen (secondary N) is 1. The molecule has 3 heterocycles. The summed E-state index contributed by atoms with van der Waals surface area (Å²) in [7, 11) is 0. The van der Waals surface area contributed by atoms with Gasteiger partial charge in [-0.1, -0.05) is 35.5 Å². The fourth-order valence-corrected chi connectivity index (χ4v) is 4.19. The molecule has 8 nitrogen and oxygen atoms in total. The third kappa shape index (κ3) is 4.77. The van der Waals surface area contributed by atoms with Gasteiger partial charge in [0.2, 0.25) is 5.91 Å². The van der Waals surface area contributed by atoms with Crippen molar-refractivity contribution in [2.75, 3.05) is 5.32 Å². The monoisotopic (exact) mass is 450 g/mol. The molecule has 1 atom stereocenters. The predicted molar refractivity (Wildman–Crippen MR) is 125 cm³/mol. The molecule has 0 saturated carbocycles. The van der Waals surface area contributed by atoms with E-state index in [1.165, 1.54) is 11.8 Å². The van der Waals surface area contributed by atoms with Crippen molar-refractivity contribution in [3.63, 3.8) is 0 Å². The van der Waals surface area contributed by atoms with Crippen molar-refractivity contribution >= 4 is 23.5 Å². The Balaban J connectivity index is 1.58. The van der Waals surface area contributed by atoms with Crippen LogP contribution in [0.1, 0.15) is 38.1 Å². The number of aryl methyl sites for hydroxylation is 1. The zero-order valence-electron chi connectivity index (χ0n) is 18.5. The smallest absolute Gasteiger partial charge is 0.238 e. The van der Waals surface area contributed by atoms with Crippen molar-refractivity contribution in [1.29, 1.82) is 0 Å². The highest BCUT2D eigenvalue weighted by atomic mass is 32.2. The van der Waals surface area contributed by atoms with Gasteiger partial charge in [0.1, 0.15) is 11.6 Å². The fraction of sp³-hybridized carbons (Fsp3) is 0.304. The van der Waals surface area contributed by atoms with Crippen molar-refractivity contribution in [3.8, 4) is 11.4 Å². The molecule has 1 unspecified atom stereocenters. The summed E-state index contributed by atoms with van der Waals surface area (Å²) >= 11 is 1.36. The molecule has 3 aromatic heterocycles. The molecule has 166 valence electrons. The zero-order chi connectivity index (χ0) is 22.7. The number of amides is 1. The number of carbonyl (C=O) groups excluding carboxylic acids is 1. The highest BCUT2D eigenvalue weighted by molar-refractivity contribution is 8.00. The van der Waals surface area contributed by atoms with Crippen molar-refractivity contribution in [2.45, 2.75) is 50.7 Å². The first-order valence-corrected chi connectivity index (χ1v) is 11.3. The number of nitrogens with zero attached hydrogens (tertiary/aromatic N) is 5. The maximum Gasteiger partial charge on any atom is 0.238 e. The molecule has 0 aliphatic heterocycles. The molecule has 0 spiro atoms. The van der Waals surface area contributed by atoms with Gasteiger partial charge in [0.05, 0.1) is 24.3 Å². The fourth-order valence-electron chi connectivity index (χ4n) is 3.34. The predicted octanol–water partition coefficient (Wildman–Crippen LogP) is 4.79. The van der Waals surface area contributed by atoms with Crippen molar-refractivity contribution in [1.82, 2.24) is 24.5 Å². The van der Waals surface area contributed by atoms with Crippen LogP contribution in [0.25, 0.3) is 11.4 Å². The molecule has 1 N–H and O–H groups in total. The summed E-state index contributed by atoms with van der Waals surface area (Å²) in [6.45, 7) is 8.41. The van der Waals surface area contributed by atoms with E-state index in [0.717, 1.165) is 22.7 Å². The number of thioether (sulfide) groups is 1. The average molecular weight is 451 g/mol. The second kappa shape index (κ2) is 9.44. The Kier molecular flexibility index (Phi) is 6.45. The van der Waals surface area contributed by atoms with Gasteiger partial charge in [0.15, 0.2) is 11.0 Å². The molecule has 1 amide bonds. The number of furan rings is 1. The van der Waals surface area contributed by atoms with E-state index in [1.807, 2.05) is 62.6 Å². The van der Waals surface area contributed by atoms with Crippen LogP contribution in [-0.4, -0.2) is 35.7 Å². The summed E-state index contributed by atoms with van der Waals surface area (Å²) in [5.41, 5.74) is 2.10. The van der Waals surface area contributed by atoms with Crippen LogP contribution in [0.15, 0.2) is 64.5 Å². The van der Waals surface area contributed by atoms with Gasteiger partial charge in [0, 0.05) is 17.7 Å². The van der Waals surface area contributed by atoms with Crippen LogP contribution >= 0.6 is 11.8 Å². The number of hydrogen-bond acceptors (Lipinski definition) is 6. The Labute approximate surface area is 191 Å². The number of aromatic nitrogens is 5. The van der Waals surface area contributed by atoms with E-state index in [1.54, 1.807) is 23.2 Å². The Morgan fingerprint density at radius 3 is 2.72 bits per heavy atom. The lowest BCUT2D eigenvalue weighted by atomic mass is 10.1. The Morgan fingerprint density at radius 2 is 2.00 bits per heavy atom. The van der Waals surface area contributed by atoms with Gasteiger partial charge in [-0.2, -0.15) is 5.10 Å². The second-order valence-electron chi connectivity index (χ2n) is 7.85.